The number of amides is 4. The predicted molar refractivity (Wildman–Crippen MR) is 110 cm³/mol. The van der Waals surface area contributed by atoms with Gasteiger partial charge in [0.05, 0.1) is 19.8 Å². The molecule has 0 rings (SSSR count). The Balaban J connectivity index is 5.12. The summed E-state index contributed by atoms with van der Waals surface area (Å²) in [7, 11) is 4.37. The normalized spacial score (nSPS) is 10.6. The summed E-state index contributed by atoms with van der Waals surface area (Å²) in [4.78, 5) is 50.4. The fraction of sp³-hybridized carbons (Fsp3) is 0.778. The van der Waals surface area contributed by atoms with Crippen LogP contribution in [0.1, 0.15) is 38.5 Å². The summed E-state index contributed by atoms with van der Waals surface area (Å²) in [5.74, 6) is 4.58. The SMILES string of the molecule is CNC(=O)OCCCC(CCCOC(=O)NC)(CCCOC(=O)NC)NC(=O)CON. The highest BCUT2D eigenvalue weighted by Crippen LogP contribution is 2.26. The Morgan fingerprint density at radius 3 is 1.35 bits per heavy atom. The van der Waals surface area contributed by atoms with Crippen molar-refractivity contribution < 1.29 is 38.2 Å². The fourth-order valence-corrected chi connectivity index (χ4v) is 2.91. The molecule has 31 heavy (non-hydrogen) atoms. The van der Waals surface area contributed by atoms with Gasteiger partial charge in [-0.25, -0.2) is 20.3 Å². The maximum atomic E-state index is 12.2. The smallest absolute Gasteiger partial charge is 0.406 e. The number of alkyl carbamates (subject to hydrolysis) is 3. The molecule has 0 unspecified atom stereocenters. The van der Waals surface area contributed by atoms with E-state index < -0.39 is 29.7 Å². The van der Waals surface area contributed by atoms with Crippen molar-refractivity contribution in [2.24, 2.45) is 5.90 Å². The number of nitrogens with two attached hydrogens (primary N) is 1. The molecule has 0 aromatic carbocycles. The first-order valence-electron chi connectivity index (χ1n) is 9.98. The minimum Gasteiger partial charge on any atom is -0.450 e. The van der Waals surface area contributed by atoms with E-state index in [0.717, 1.165) is 0 Å². The molecule has 0 radical (unpaired) electrons. The molecule has 0 heterocycles. The van der Waals surface area contributed by atoms with E-state index in [1.165, 1.54) is 21.1 Å². The van der Waals surface area contributed by atoms with Crippen molar-refractivity contribution in [3.63, 3.8) is 0 Å². The van der Waals surface area contributed by atoms with Gasteiger partial charge in [0.1, 0.15) is 6.61 Å². The third-order valence-corrected chi connectivity index (χ3v) is 4.33. The monoisotopic (exact) mass is 449 g/mol. The van der Waals surface area contributed by atoms with Crippen molar-refractivity contribution in [2.75, 3.05) is 47.6 Å². The van der Waals surface area contributed by atoms with Crippen LogP contribution in [0, 0.1) is 0 Å². The molecular weight excluding hydrogens is 414 g/mol. The summed E-state index contributed by atoms with van der Waals surface area (Å²) in [5.41, 5.74) is -0.736. The summed E-state index contributed by atoms with van der Waals surface area (Å²) in [5, 5.41) is 10.00. The Labute approximate surface area is 182 Å². The lowest BCUT2D eigenvalue weighted by molar-refractivity contribution is -0.128. The number of nitrogens with one attached hydrogen (secondary N) is 4. The second-order valence-electron chi connectivity index (χ2n) is 6.61. The Kier molecular flexibility index (Phi) is 15.4. The number of carbonyl (C=O) groups excluding carboxylic acids is 4. The molecule has 0 aliphatic rings. The van der Waals surface area contributed by atoms with Crippen LogP contribution < -0.4 is 27.2 Å². The molecule has 0 spiro atoms. The van der Waals surface area contributed by atoms with E-state index in [9.17, 15) is 19.2 Å². The molecule has 0 atom stereocenters. The van der Waals surface area contributed by atoms with Crippen LogP contribution in [0.15, 0.2) is 0 Å². The van der Waals surface area contributed by atoms with Gasteiger partial charge in [0.15, 0.2) is 0 Å². The van der Waals surface area contributed by atoms with E-state index in [4.69, 9.17) is 20.1 Å². The van der Waals surface area contributed by atoms with Gasteiger partial charge in [0.25, 0.3) is 0 Å². The van der Waals surface area contributed by atoms with Crippen molar-refractivity contribution in [2.45, 2.75) is 44.1 Å². The standard InChI is InChI=1S/C18H35N5O8/c1-20-15(25)28-10-4-7-18(23-14(24)13-31-19,8-5-11-29-16(26)21-2)9-6-12-30-17(27)22-3/h4-13,19H2,1-3H3,(H,20,25)(H,21,26)(H,22,27)(H,23,24). The highest BCUT2D eigenvalue weighted by atomic mass is 16.6. The fourth-order valence-electron chi connectivity index (χ4n) is 2.91. The maximum absolute atomic E-state index is 12.2. The Morgan fingerprint density at radius 2 is 1.06 bits per heavy atom. The van der Waals surface area contributed by atoms with Gasteiger partial charge in [-0.05, 0) is 38.5 Å². The van der Waals surface area contributed by atoms with Crippen molar-refractivity contribution in [3.05, 3.63) is 0 Å². The third-order valence-electron chi connectivity index (χ3n) is 4.33. The zero-order chi connectivity index (χ0) is 23.5. The minimum atomic E-state index is -0.736. The molecule has 13 nitrogen and oxygen atoms in total. The molecular formula is C18H35N5O8. The van der Waals surface area contributed by atoms with Crippen molar-refractivity contribution in [1.82, 2.24) is 21.3 Å². The molecule has 4 amide bonds. The van der Waals surface area contributed by atoms with Crippen molar-refractivity contribution in [1.29, 1.82) is 0 Å². The summed E-state index contributed by atoms with van der Waals surface area (Å²) in [6.45, 7) is 0.108. The van der Waals surface area contributed by atoms with Crippen LogP contribution in [0.3, 0.4) is 0 Å². The average molecular weight is 450 g/mol. The summed E-state index contributed by atoms with van der Waals surface area (Å²) < 4.78 is 15.1. The molecule has 0 fully saturated rings. The number of ether oxygens (including phenoxy) is 3. The van der Waals surface area contributed by atoms with Gasteiger partial charge in [-0.15, -0.1) is 0 Å². The third kappa shape index (κ3) is 13.9. The van der Waals surface area contributed by atoms with Gasteiger partial charge in [0, 0.05) is 26.7 Å². The van der Waals surface area contributed by atoms with Crippen LogP contribution in [-0.2, 0) is 23.8 Å². The minimum absolute atomic E-state index is 0.147. The van der Waals surface area contributed by atoms with Crippen LogP contribution in [0.5, 0.6) is 0 Å². The molecule has 0 saturated heterocycles. The molecule has 0 aliphatic carbocycles. The van der Waals surface area contributed by atoms with E-state index in [1.54, 1.807) is 0 Å². The van der Waals surface area contributed by atoms with E-state index in [1.807, 2.05) is 0 Å². The second-order valence-corrected chi connectivity index (χ2v) is 6.61. The maximum Gasteiger partial charge on any atom is 0.406 e. The van der Waals surface area contributed by atoms with Crippen molar-refractivity contribution >= 4 is 24.2 Å². The first kappa shape index (κ1) is 28.2. The largest absolute Gasteiger partial charge is 0.450 e. The highest BCUT2D eigenvalue weighted by Gasteiger charge is 2.31. The molecule has 180 valence electrons. The van der Waals surface area contributed by atoms with E-state index >= 15 is 0 Å². The molecule has 0 saturated carbocycles. The Bertz CT molecular complexity index is 501. The van der Waals surface area contributed by atoms with Gasteiger partial charge in [-0.2, -0.15) is 0 Å². The molecule has 13 heteroatoms. The highest BCUT2D eigenvalue weighted by molar-refractivity contribution is 5.78. The van der Waals surface area contributed by atoms with E-state index in [0.29, 0.717) is 38.5 Å². The Morgan fingerprint density at radius 1 is 0.710 bits per heavy atom. The van der Waals surface area contributed by atoms with Crippen molar-refractivity contribution in [3.8, 4) is 0 Å². The van der Waals surface area contributed by atoms with Gasteiger partial charge < -0.3 is 35.5 Å². The number of carbonyl (C=O) groups is 4. The number of hydrogen-bond acceptors (Lipinski definition) is 9. The topological polar surface area (TPSA) is 179 Å². The second kappa shape index (κ2) is 16.9. The summed E-state index contributed by atoms with van der Waals surface area (Å²) in [6, 6.07) is 0. The number of rotatable bonds is 15. The van der Waals surface area contributed by atoms with Gasteiger partial charge >= 0.3 is 18.3 Å². The van der Waals surface area contributed by atoms with Crippen LogP contribution in [0.2, 0.25) is 0 Å². The van der Waals surface area contributed by atoms with E-state index in [2.05, 4.69) is 26.1 Å². The molecule has 0 aromatic heterocycles. The zero-order valence-corrected chi connectivity index (χ0v) is 18.4. The lowest BCUT2D eigenvalue weighted by atomic mass is 9.83. The molecule has 6 N–H and O–H groups in total. The van der Waals surface area contributed by atoms with Gasteiger partial charge in [0.2, 0.25) is 5.91 Å². The molecule has 0 aromatic rings. The predicted octanol–water partition coefficient (Wildman–Crippen LogP) is 0.140. The quantitative estimate of drug-likeness (QED) is 0.132. The average Bonchev–Trinajstić information content (AvgIpc) is 2.76. The first-order valence-corrected chi connectivity index (χ1v) is 9.98. The zero-order valence-electron chi connectivity index (χ0n) is 18.4. The Hall–Kier alpha value is -2.80. The molecule has 0 bridgehead atoms. The van der Waals surface area contributed by atoms with Gasteiger partial charge in [-0.1, -0.05) is 0 Å². The lowest BCUT2D eigenvalue weighted by Crippen LogP contribution is -2.50. The summed E-state index contributed by atoms with van der Waals surface area (Å²) in [6.07, 6.45) is 1.11. The summed E-state index contributed by atoms with van der Waals surface area (Å²) >= 11 is 0. The number of hydrogen-bond donors (Lipinski definition) is 5. The first-order chi connectivity index (χ1) is 14.8. The van der Waals surface area contributed by atoms with Gasteiger partial charge in [-0.3, -0.25) is 9.63 Å². The molecule has 0 aliphatic heterocycles. The lowest BCUT2D eigenvalue weighted by Gasteiger charge is -2.35. The van der Waals surface area contributed by atoms with Crippen LogP contribution in [0.4, 0.5) is 14.4 Å². The van der Waals surface area contributed by atoms with Crippen LogP contribution >= 0.6 is 0 Å². The van der Waals surface area contributed by atoms with E-state index in [-0.39, 0.29) is 26.4 Å². The van der Waals surface area contributed by atoms with Crippen LogP contribution in [0.25, 0.3) is 0 Å². The van der Waals surface area contributed by atoms with Crippen LogP contribution in [-0.4, -0.2) is 77.3 Å².